The van der Waals surface area contributed by atoms with Crippen molar-refractivity contribution in [3.05, 3.63) is 72.0 Å². The van der Waals surface area contributed by atoms with Crippen molar-refractivity contribution in [2.24, 2.45) is 0 Å². The summed E-state index contributed by atoms with van der Waals surface area (Å²) in [6, 6.07) is 15.3. The van der Waals surface area contributed by atoms with Crippen LogP contribution in [0.1, 0.15) is 5.56 Å². The van der Waals surface area contributed by atoms with Gasteiger partial charge in [-0.1, -0.05) is 42.4 Å². The number of rotatable bonds is 5. The Morgan fingerprint density at radius 2 is 1.96 bits per heavy atom. The van der Waals surface area contributed by atoms with E-state index >= 15 is 0 Å². The highest BCUT2D eigenvalue weighted by atomic mass is 35.5. The maximum Gasteiger partial charge on any atom is 0.262 e. The van der Waals surface area contributed by atoms with Crippen LogP contribution in [0.4, 0.5) is 0 Å². The van der Waals surface area contributed by atoms with Crippen LogP contribution in [-0.2, 0) is 17.9 Å². The molecule has 4 nitrogen and oxygen atoms in total. The van der Waals surface area contributed by atoms with Gasteiger partial charge in [0.15, 0.2) is 17.6 Å². The second-order valence-corrected chi connectivity index (χ2v) is 5.66. The average molecular weight is 327 g/mol. The molecule has 1 amide bonds. The summed E-state index contributed by atoms with van der Waals surface area (Å²) in [5.74, 6) is -0.0445. The van der Waals surface area contributed by atoms with E-state index in [-0.39, 0.29) is 12.5 Å². The molecule has 1 aromatic heterocycles. The SMILES string of the molecule is C=Cn1c[n+](CC(=O)NCc2ccc(Cl)cc2)c2ccccc21. The second-order valence-electron chi connectivity index (χ2n) is 5.23. The third-order valence-electron chi connectivity index (χ3n) is 3.65. The number of carbonyl (C=O) groups excluding carboxylic acids is 1. The molecule has 0 saturated carbocycles. The topological polar surface area (TPSA) is 37.9 Å². The number of fused-ring (bicyclic) bond motifs is 1. The van der Waals surface area contributed by atoms with Crippen molar-refractivity contribution in [3.8, 4) is 0 Å². The van der Waals surface area contributed by atoms with Crippen LogP contribution in [0.5, 0.6) is 0 Å². The summed E-state index contributed by atoms with van der Waals surface area (Å²) in [7, 11) is 0. The van der Waals surface area contributed by atoms with Gasteiger partial charge in [-0.2, -0.15) is 0 Å². The van der Waals surface area contributed by atoms with E-state index in [4.69, 9.17) is 11.6 Å². The summed E-state index contributed by atoms with van der Waals surface area (Å²) in [6.45, 7) is 4.54. The quantitative estimate of drug-likeness (QED) is 0.719. The van der Waals surface area contributed by atoms with Crippen LogP contribution < -0.4 is 9.88 Å². The van der Waals surface area contributed by atoms with Gasteiger partial charge in [0.2, 0.25) is 6.33 Å². The predicted molar refractivity (Wildman–Crippen MR) is 91.8 cm³/mol. The number of carbonyl (C=O) groups is 1. The largest absolute Gasteiger partial charge is 0.349 e. The van der Waals surface area contributed by atoms with Gasteiger partial charge in [-0.05, 0) is 29.8 Å². The van der Waals surface area contributed by atoms with Gasteiger partial charge < -0.3 is 5.32 Å². The van der Waals surface area contributed by atoms with E-state index in [9.17, 15) is 4.79 Å². The molecule has 0 aliphatic carbocycles. The smallest absolute Gasteiger partial charge is 0.262 e. The first-order valence-corrected chi connectivity index (χ1v) is 7.68. The number of hydrogen-bond donors (Lipinski definition) is 1. The van der Waals surface area contributed by atoms with Gasteiger partial charge in [-0.25, -0.2) is 9.13 Å². The highest BCUT2D eigenvalue weighted by Crippen LogP contribution is 2.11. The molecule has 0 bridgehead atoms. The molecule has 1 N–H and O–H groups in total. The van der Waals surface area contributed by atoms with Crippen LogP contribution in [0.25, 0.3) is 17.2 Å². The van der Waals surface area contributed by atoms with E-state index in [0.717, 1.165) is 16.6 Å². The predicted octanol–water partition coefficient (Wildman–Crippen LogP) is 3.00. The minimum absolute atomic E-state index is 0.0445. The molecule has 0 spiro atoms. The van der Waals surface area contributed by atoms with E-state index in [2.05, 4.69) is 11.9 Å². The fraction of sp³-hybridized carbons (Fsp3) is 0.111. The molecule has 2 aromatic carbocycles. The zero-order chi connectivity index (χ0) is 16.2. The number of para-hydroxylation sites is 2. The maximum absolute atomic E-state index is 12.2. The van der Waals surface area contributed by atoms with Crippen molar-refractivity contribution in [2.45, 2.75) is 13.1 Å². The van der Waals surface area contributed by atoms with Crippen LogP contribution in [0.15, 0.2) is 61.4 Å². The summed E-state index contributed by atoms with van der Waals surface area (Å²) in [5.41, 5.74) is 3.03. The van der Waals surface area contributed by atoms with E-state index in [1.807, 2.05) is 64.0 Å². The number of halogens is 1. The lowest BCUT2D eigenvalue weighted by Crippen LogP contribution is -2.41. The van der Waals surface area contributed by atoms with Gasteiger partial charge in [-0.3, -0.25) is 4.79 Å². The Balaban J connectivity index is 1.70. The van der Waals surface area contributed by atoms with Gasteiger partial charge in [0.1, 0.15) is 0 Å². The van der Waals surface area contributed by atoms with Crippen molar-refractivity contribution in [1.29, 1.82) is 0 Å². The molecule has 0 fully saturated rings. The van der Waals surface area contributed by atoms with Crippen LogP contribution in [0, 0.1) is 0 Å². The molecule has 5 heteroatoms. The Morgan fingerprint density at radius 3 is 2.70 bits per heavy atom. The summed E-state index contributed by atoms with van der Waals surface area (Å²) in [5, 5.41) is 3.61. The molecule has 0 aliphatic heterocycles. The van der Waals surface area contributed by atoms with Crippen LogP contribution in [0.2, 0.25) is 5.02 Å². The standard InChI is InChI=1S/C18H16ClN3O/c1-2-21-13-22(17-6-4-3-5-16(17)21)12-18(23)20-11-14-7-9-15(19)10-8-14/h2-10,13H,1,11-12H2/p+1. The molecule has 0 radical (unpaired) electrons. The monoisotopic (exact) mass is 326 g/mol. The molecule has 116 valence electrons. The van der Waals surface area contributed by atoms with Crippen LogP contribution in [-0.4, -0.2) is 10.5 Å². The maximum atomic E-state index is 12.2. The molecule has 0 saturated heterocycles. The lowest BCUT2D eigenvalue weighted by molar-refractivity contribution is -0.658. The zero-order valence-electron chi connectivity index (χ0n) is 12.6. The Hall–Kier alpha value is -2.59. The minimum Gasteiger partial charge on any atom is -0.349 e. The molecular weight excluding hydrogens is 310 g/mol. The number of nitrogens with one attached hydrogen (secondary N) is 1. The van der Waals surface area contributed by atoms with Gasteiger partial charge >= 0.3 is 0 Å². The van der Waals surface area contributed by atoms with Gasteiger partial charge in [-0.15, -0.1) is 0 Å². The van der Waals surface area contributed by atoms with Crippen molar-refractivity contribution < 1.29 is 9.36 Å². The number of hydrogen-bond acceptors (Lipinski definition) is 1. The molecule has 3 aromatic rings. The van der Waals surface area contributed by atoms with E-state index < -0.39 is 0 Å². The number of nitrogens with zero attached hydrogens (tertiary/aromatic N) is 2. The first-order chi connectivity index (χ1) is 11.2. The van der Waals surface area contributed by atoms with Gasteiger partial charge in [0, 0.05) is 11.6 Å². The highest BCUT2D eigenvalue weighted by Gasteiger charge is 2.16. The normalized spacial score (nSPS) is 10.7. The summed E-state index contributed by atoms with van der Waals surface area (Å²) in [6.07, 6.45) is 3.60. The average Bonchev–Trinajstić information content (AvgIpc) is 2.92. The van der Waals surface area contributed by atoms with Crippen molar-refractivity contribution >= 4 is 34.7 Å². The van der Waals surface area contributed by atoms with Gasteiger partial charge in [0.25, 0.3) is 5.91 Å². The fourth-order valence-corrected chi connectivity index (χ4v) is 2.61. The van der Waals surface area contributed by atoms with Crippen LogP contribution >= 0.6 is 11.6 Å². The number of benzene rings is 2. The highest BCUT2D eigenvalue weighted by molar-refractivity contribution is 6.30. The first kappa shape index (κ1) is 15.3. The molecular formula is C18H17ClN3O+. The summed E-state index contributed by atoms with van der Waals surface area (Å²) >= 11 is 5.85. The Labute approximate surface area is 139 Å². The molecule has 0 unspecified atom stereocenters. The fourth-order valence-electron chi connectivity index (χ4n) is 2.48. The summed E-state index contributed by atoms with van der Waals surface area (Å²) < 4.78 is 3.82. The van der Waals surface area contributed by atoms with E-state index in [1.165, 1.54) is 0 Å². The zero-order valence-corrected chi connectivity index (χ0v) is 13.3. The Bertz CT molecular complexity index is 852. The molecule has 23 heavy (non-hydrogen) atoms. The van der Waals surface area contributed by atoms with Crippen molar-refractivity contribution in [3.63, 3.8) is 0 Å². The third-order valence-corrected chi connectivity index (χ3v) is 3.90. The summed E-state index contributed by atoms with van der Waals surface area (Å²) in [4.78, 5) is 12.2. The first-order valence-electron chi connectivity index (χ1n) is 7.30. The van der Waals surface area contributed by atoms with Crippen LogP contribution in [0.3, 0.4) is 0 Å². The van der Waals surface area contributed by atoms with E-state index in [1.54, 1.807) is 6.20 Å². The Kier molecular flexibility index (Phi) is 4.44. The van der Waals surface area contributed by atoms with Crippen molar-refractivity contribution in [2.75, 3.05) is 0 Å². The lowest BCUT2D eigenvalue weighted by atomic mass is 10.2. The second kappa shape index (κ2) is 6.67. The van der Waals surface area contributed by atoms with E-state index in [0.29, 0.717) is 11.6 Å². The third kappa shape index (κ3) is 3.43. The Morgan fingerprint density at radius 1 is 1.22 bits per heavy atom. The number of imidazole rings is 1. The molecule has 0 aliphatic rings. The number of amides is 1. The molecule has 3 rings (SSSR count). The van der Waals surface area contributed by atoms with Crippen molar-refractivity contribution in [1.82, 2.24) is 9.88 Å². The minimum atomic E-state index is -0.0445. The number of aromatic nitrogens is 2. The molecule has 1 heterocycles. The molecule has 0 atom stereocenters. The lowest BCUT2D eigenvalue weighted by Gasteiger charge is -2.04. The van der Waals surface area contributed by atoms with Gasteiger partial charge in [0.05, 0.1) is 6.20 Å².